The Kier molecular flexibility index (Phi) is 5.75. The minimum Gasteiger partial charge on any atom is -0.457 e. The van der Waals surface area contributed by atoms with Crippen LogP contribution < -0.4 is 0 Å². The van der Waals surface area contributed by atoms with E-state index >= 15 is 0 Å². The molecule has 0 spiro atoms. The van der Waals surface area contributed by atoms with Crippen molar-refractivity contribution in [2.24, 2.45) is 5.92 Å². The Bertz CT molecular complexity index is 332. The van der Waals surface area contributed by atoms with Crippen LogP contribution in [0.25, 0.3) is 0 Å². The molecule has 94 valence electrons. The highest BCUT2D eigenvalue weighted by Gasteiger charge is 2.19. The molecule has 1 aromatic rings. The second-order valence-corrected chi connectivity index (χ2v) is 4.43. The summed E-state index contributed by atoms with van der Waals surface area (Å²) in [6.07, 6.45) is 2.62. The Balaban J connectivity index is 2.70. The van der Waals surface area contributed by atoms with Crippen molar-refractivity contribution in [3.8, 4) is 0 Å². The van der Waals surface area contributed by atoms with E-state index in [1.807, 2.05) is 44.2 Å². The van der Waals surface area contributed by atoms with Gasteiger partial charge >= 0.3 is 5.97 Å². The molecular formula is C15H22O2. The predicted molar refractivity (Wildman–Crippen MR) is 69.6 cm³/mol. The van der Waals surface area contributed by atoms with Gasteiger partial charge in [-0.15, -0.1) is 0 Å². The van der Waals surface area contributed by atoms with Crippen molar-refractivity contribution >= 4 is 5.97 Å². The van der Waals surface area contributed by atoms with E-state index in [0.29, 0.717) is 0 Å². The topological polar surface area (TPSA) is 26.3 Å². The predicted octanol–water partition coefficient (Wildman–Crippen LogP) is 4.12. The maximum absolute atomic E-state index is 11.8. The van der Waals surface area contributed by atoms with Crippen LogP contribution in [-0.2, 0) is 9.53 Å². The van der Waals surface area contributed by atoms with Crippen LogP contribution in [0, 0.1) is 5.92 Å². The lowest BCUT2D eigenvalue weighted by molar-refractivity contribution is -0.154. The third-order valence-corrected chi connectivity index (χ3v) is 3.00. The van der Waals surface area contributed by atoms with E-state index in [1.54, 1.807) is 0 Å². The number of hydrogen-bond acceptors (Lipinski definition) is 2. The molecule has 1 rings (SSSR count). The summed E-state index contributed by atoms with van der Waals surface area (Å²) < 4.78 is 5.59. The first-order valence-electron chi connectivity index (χ1n) is 6.44. The van der Waals surface area contributed by atoms with Crippen LogP contribution in [0.4, 0.5) is 0 Å². The van der Waals surface area contributed by atoms with Gasteiger partial charge in [-0.3, -0.25) is 4.79 Å². The van der Waals surface area contributed by atoms with Crippen molar-refractivity contribution in [3.05, 3.63) is 35.9 Å². The molecule has 0 N–H and O–H groups in total. The van der Waals surface area contributed by atoms with Gasteiger partial charge in [-0.2, -0.15) is 0 Å². The standard InChI is InChI=1S/C15H22O2/c1-4-9-14(13-10-7-6-8-11-13)17-15(16)12(3)5-2/h6-8,10-12,14H,4-5,9H2,1-3H3. The number of carbonyl (C=O) groups is 1. The van der Waals surface area contributed by atoms with Gasteiger partial charge in [0.25, 0.3) is 0 Å². The Morgan fingerprint density at radius 3 is 2.41 bits per heavy atom. The molecule has 0 amide bonds. The van der Waals surface area contributed by atoms with Crippen LogP contribution in [0.5, 0.6) is 0 Å². The van der Waals surface area contributed by atoms with E-state index in [0.717, 1.165) is 24.8 Å². The number of benzene rings is 1. The summed E-state index contributed by atoms with van der Waals surface area (Å²) in [5.41, 5.74) is 1.09. The average Bonchev–Trinajstić information content (AvgIpc) is 2.38. The Hall–Kier alpha value is -1.31. The van der Waals surface area contributed by atoms with Crippen molar-refractivity contribution in [2.75, 3.05) is 0 Å². The second kappa shape index (κ2) is 7.10. The van der Waals surface area contributed by atoms with E-state index in [9.17, 15) is 4.79 Å². The van der Waals surface area contributed by atoms with Gasteiger partial charge in [-0.1, -0.05) is 57.5 Å². The Labute approximate surface area is 104 Å². The lowest BCUT2D eigenvalue weighted by Gasteiger charge is -2.19. The van der Waals surface area contributed by atoms with Crippen molar-refractivity contribution in [3.63, 3.8) is 0 Å². The van der Waals surface area contributed by atoms with Gasteiger partial charge < -0.3 is 4.74 Å². The molecule has 1 aromatic carbocycles. The molecule has 0 aliphatic carbocycles. The smallest absolute Gasteiger partial charge is 0.309 e. The highest BCUT2D eigenvalue weighted by molar-refractivity contribution is 5.72. The number of rotatable bonds is 6. The van der Waals surface area contributed by atoms with E-state index < -0.39 is 0 Å². The highest BCUT2D eigenvalue weighted by atomic mass is 16.5. The first kappa shape index (κ1) is 13.8. The normalized spacial score (nSPS) is 14.1. The van der Waals surface area contributed by atoms with Crippen LogP contribution in [0.15, 0.2) is 30.3 Å². The lowest BCUT2D eigenvalue weighted by Crippen LogP contribution is -2.17. The summed E-state index contributed by atoms with van der Waals surface area (Å²) in [4.78, 5) is 11.8. The summed E-state index contributed by atoms with van der Waals surface area (Å²) in [5.74, 6) is -0.104. The molecule has 2 atom stereocenters. The van der Waals surface area contributed by atoms with E-state index in [-0.39, 0.29) is 18.0 Å². The fourth-order valence-corrected chi connectivity index (χ4v) is 1.65. The van der Waals surface area contributed by atoms with E-state index in [4.69, 9.17) is 4.74 Å². The number of carbonyl (C=O) groups excluding carboxylic acids is 1. The second-order valence-electron chi connectivity index (χ2n) is 4.43. The summed E-state index contributed by atoms with van der Waals surface area (Å²) in [5, 5.41) is 0. The number of ether oxygens (including phenoxy) is 1. The van der Waals surface area contributed by atoms with Gasteiger partial charge in [0.15, 0.2) is 0 Å². The quantitative estimate of drug-likeness (QED) is 0.692. The highest BCUT2D eigenvalue weighted by Crippen LogP contribution is 2.24. The lowest BCUT2D eigenvalue weighted by atomic mass is 10.0. The Morgan fingerprint density at radius 2 is 1.88 bits per heavy atom. The SMILES string of the molecule is CCCC(OC(=O)C(C)CC)c1ccccc1. The fourth-order valence-electron chi connectivity index (χ4n) is 1.65. The van der Waals surface area contributed by atoms with Gasteiger partial charge in [0.1, 0.15) is 6.10 Å². The van der Waals surface area contributed by atoms with Gasteiger partial charge in [-0.05, 0) is 18.4 Å². The molecule has 2 heteroatoms. The van der Waals surface area contributed by atoms with Crippen molar-refractivity contribution in [1.29, 1.82) is 0 Å². The minimum absolute atomic E-state index is 0.0157. The first-order valence-corrected chi connectivity index (χ1v) is 6.44. The molecule has 0 fully saturated rings. The number of esters is 1. The Morgan fingerprint density at radius 1 is 1.24 bits per heavy atom. The van der Waals surface area contributed by atoms with Crippen molar-refractivity contribution in [2.45, 2.75) is 46.1 Å². The maximum atomic E-state index is 11.8. The monoisotopic (exact) mass is 234 g/mol. The third-order valence-electron chi connectivity index (χ3n) is 3.00. The summed E-state index contributed by atoms with van der Waals surface area (Å²) in [6, 6.07) is 9.97. The van der Waals surface area contributed by atoms with Crippen LogP contribution in [0.1, 0.15) is 51.7 Å². The zero-order valence-corrected chi connectivity index (χ0v) is 11.0. The summed E-state index contributed by atoms with van der Waals surface area (Å²) in [7, 11) is 0. The van der Waals surface area contributed by atoms with Crippen molar-refractivity contribution < 1.29 is 9.53 Å². The van der Waals surface area contributed by atoms with Gasteiger partial charge in [0.2, 0.25) is 0 Å². The average molecular weight is 234 g/mol. The molecule has 0 bridgehead atoms. The summed E-state index contributed by atoms with van der Waals surface area (Å²) >= 11 is 0. The maximum Gasteiger partial charge on any atom is 0.309 e. The fraction of sp³-hybridized carbons (Fsp3) is 0.533. The van der Waals surface area contributed by atoms with Crippen LogP contribution in [0.3, 0.4) is 0 Å². The van der Waals surface area contributed by atoms with Crippen LogP contribution in [0.2, 0.25) is 0 Å². The van der Waals surface area contributed by atoms with Gasteiger partial charge in [0.05, 0.1) is 5.92 Å². The molecule has 0 heterocycles. The van der Waals surface area contributed by atoms with Crippen LogP contribution in [-0.4, -0.2) is 5.97 Å². The summed E-state index contributed by atoms with van der Waals surface area (Å²) in [6.45, 7) is 6.02. The van der Waals surface area contributed by atoms with Crippen molar-refractivity contribution in [1.82, 2.24) is 0 Å². The first-order chi connectivity index (χ1) is 8.19. The van der Waals surface area contributed by atoms with Crippen LogP contribution >= 0.6 is 0 Å². The molecule has 2 unspecified atom stereocenters. The molecule has 17 heavy (non-hydrogen) atoms. The zero-order valence-electron chi connectivity index (χ0n) is 11.0. The largest absolute Gasteiger partial charge is 0.457 e. The molecule has 2 nitrogen and oxygen atoms in total. The third kappa shape index (κ3) is 4.22. The number of hydrogen-bond donors (Lipinski definition) is 0. The minimum atomic E-state index is -0.0947. The van der Waals surface area contributed by atoms with Gasteiger partial charge in [-0.25, -0.2) is 0 Å². The zero-order chi connectivity index (χ0) is 12.7. The molecule has 0 aromatic heterocycles. The van der Waals surface area contributed by atoms with E-state index in [2.05, 4.69) is 6.92 Å². The van der Waals surface area contributed by atoms with Gasteiger partial charge in [0, 0.05) is 0 Å². The van der Waals surface area contributed by atoms with E-state index in [1.165, 1.54) is 0 Å². The molecule has 0 aliphatic rings. The molecule has 0 saturated carbocycles. The molecule has 0 saturated heterocycles. The molecule has 0 radical (unpaired) electrons. The molecule has 0 aliphatic heterocycles. The molecular weight excluding hydrogens is 212 g/mol.